The molecule has 0 aliphatic heterocycles. The van der Waals surface area contributed by atoms with Crippen LogP contribution < -0.4 is 10.5 Å². The zero-order valence-electron chi connectivity index (χ0n) is 11.4. The number of oxazole rings is 1. The molecule has 22 heavy (non-hydrogen) atoms. The normalized spacial score (nSPS) is 11.7. The number of aryl methyl sites for hydroxylation is 1. The van der Waals surface area contributed by atoms with Crippen molar-refractivity contribution in [2.45, 2.75) is 4.90 Å². The number of hydrogen-bond acceptors (Lipinski definition) is 4. The lowest BCUT2D eigenvalue weighted by Crippen LogP contribution is -2.12. The van der Waals surface area contributed by atoms with E-state index in [1.54, 1.807) is 37.4 Å². The largest absolute Gasteiger partial charge is 0.419 e. The summed E-state index contributed by atoms with van der Waals surface area (Å²) >= 11 is 2.14. The minimum absolute atomic E-state index is 0.0351. The molecule has 0 atom stereocenters. The highest BCUT2D eigenvalue weighted by Gasteiger charge is 2.17. The molecule has 0 fully saturated rings. The van der Waals surface area contributed by atoms with E-state index >= 15 is 0 Å². The maximum absolute atomic E-state index is 12.4. The number of hydrogen-bond donors (Lipinski definition) is 1. The van der Waals surface area contributed by atoms with Gasteiger partial charge in [-0.15, -0.1) is 0 Å². The fourth-order valence-electron chi connectivity index (χ4n) is 2.01. The first-order valence-electron chi connectivity index (χ1n) is 6.25. The van der Waals surface area contributed by atoms with Gasteiger partial charge in [0.05, 0.1) is 10.4 Å². The molecule has 3 aromatic rings. The molecule has 1 N–H and O–H groups in total. The number of rotatable bonds is 3. The van der Waals surface area contributed by atoms with Crippen molar-refractivity contribution in [1.82, 2.24) is 4.57 Å². The summed E-state index contributed by atoms with van der Waals surface area (Å²) < 4.78 is 34.6. The van der Waals surface area contributed by atoms with Gasteiger partial charge in [-0.25, -0.2) is 13.2 Å². The van der Waals surface area contributed by atoms with E-state index in [4.69, 9.17) is 4.42 Å². The van der Waals surface area contributed by atoms with Gasteiger partial charge in [0.1, 0.15) is 0 Å². The molecule has 0 spiro atoms. The van der Waals surface area contributed by atoms with Crippen molar-refractivity contribution in [1.29, 1.82) is 0 Å². The molecule has 0 unspecified atom stereocenters. The van der Waals surface area contributed by atoms with E-state index in [-0.39, 0.29) is 10.5 Å². The third-order valence-electron chi connectivity index (χ3n) is 3.17. The molecular weight excluding hydrogens is 419 g/mol. The number of anilines is 1. The second-order valence-corrected chi connectivity index (χ2v) is 7.60. The van der Waals surface area contributed by atoms with Crippen molar-refractivity contribution in [3.63, 3.8) is 0 Å². The highest BCUT2D eigenvalue weighted by molar-refractivity contribution is 14.1. The monoisotopic (exact) mass is 430 g/mol. The molecule has 3 rings (SSSR count). The van der Waals surface area contributed by atoms with Crippen LogP contribution in [0.4, 0.5) is 5.69 Å². The zero-order chi connectivity index (χ0) is 15.9. The molecule has 8 heteroatoms. The van der Waals surface area contributed by atoms with E-state index in [0.717, 1.165) is 3.57 Å². The summed E-state index contributed by atoms with van der Waals surface area (Å²) in [5.74, 6) is -0.532. The van der Waals surface area contributed by atoms with Crippen LogP contribution in [0.1, 0.15) is 0 Å². The highest BCUT2D eigenvalue weighted by Crippen LogP contribution is 2.21. The first-order valence-corrected chi connectivity index (χ1v) is 8.81. The van der Waals surface area contributed by atoms with Gasteiger partial charge >= 0.3 is 5.76 Å². The second kappa shape index (κ2) is 5.43. The lowest BCUT2D eigenvalue weighted by molar-refractivity contribution is 0.527. The first kappa shape index (κ1) is 15.1. The molecule has 0 aliphatic carbocycles. The summed E-state index contributed by atoms with van der Waals surface area (Å²) in [5.41, 5.74) is 1.24. The number of halogens is 1. The van der Waals surface area contributed by atoms with E-state index in [1.807, 2.05) is 0 Å². The topological polar surface area (TPSA) is 81.3 Å². The Labute approximate surface area is 139 Å². The molecule has 1 heterocycles. The molecule has 0 saturated carbocycles. The maximum Gasteiger partial charge on any atom is 0.419 e. The summed E-state index contributed by atoms with van der Waals surface area (Å²) in [5, 5.41) is 0. The SMILES string of the molecule is Cn1c(=O)oc2cc(S(=O)(=O)Nc3ccc(I)cc3)ccc21. The smallest absolute Gasteiger partial charge is 0.408 e. The molecule has 2 aromatic carbocycles. The zero-order valence-corrected chi connectivity index (χ0v) is 14.4. The lowest BCUT2D eigenvalue weighted by Gasteiger charge is -2.08. The Morgan fingerprint density at radius 2 is 1.82 bits per heavy atom. The Morgan fingerprint density at radius 1 is 1.14 bits per heavy atom. The average molecular weight is 430 g/mol. The number of fused-ring (bicyclic) bond motifs is 1. The molecule has 1 aromatic heterocycles. The van der Waals surface area contributed by atoms with Gasteiger partial charge in [0, 0.05) is 22.4 Å². The van der Waals surface area contributed by atoms with Crippen molar-refractivity contribution in [3.8, 4) is 0 Å². The number of nitrogens with one attached hydrogen (secondary N) is 1. The van der Waals surface area contributed by atoms with Gasteiger partial charge in [-0.1, -0.05) is 0 Å². The number of aromatic nitrogens is 1. The third-order valence-corrected chi connectivity index (χ3v) is 5.27. The summed E-state index contributed by atoms with van der Waals surface area (Å²) in [6.07, 6.45) is 0. The number of nitrogens with zero attached hydrogens (tertiary/aromatic N) is 1. The van der Waals surface area contributed by atoms with Gasteiger partial charge < -0.3 is 4.42 Å². The lowest BCUT2D eigenvalue weighted by atomic mass is 10.3. The van der Waals surface area contributed by atoms with E-state index in [2.05, 4.69) is 27.3 Å². The van der Waals surface area contributed by atoms with Crippen LogP contribution >= 0.6 is 22.6 Å². The van der Waals surface area contributed by atoms with Crippen LogP contribution in [0.2, 0.25) is 0 Å². The third kappa shape index (κ3) is 2.75. The van der Waals surface area contributed by atoms with E-state index in [9.17, 15) is 13.2 Å². The summed E-state index contributed by atoms with van der Waals surface area (Å²) in [7, 11) is -2.18. The molecule has 0 amide bonds. The standard InChI is InChI=1S/C14H11IN2O4S/c1-17-12-7-6-11(8-13(12)21-14(17)18)22(19,20)16-10-4-2-9(15)3-5-10/h2-8,16H,1H3. The summed E-state index contributed by atoms with van der Waals surface area (Å²) in [4.78, 5) is 11.5. The van der Waals surface area contributed by atoms with E-state index in [0.29, 0.717) is 11.2 Å². The van der Waals surface area contributed by atoms with Crippen molar-refractivity contribution in [2.75, 3.05) is 4.72 Å². The van der Waals surface area contributed by atoms with Crippen LogP contribution in [-0.2, 0) is 17.1 Å². The highest BCUT2D eigenvalue weighted by atomic mass is 127. The van der Waals surface area contributed by atoms with Crippen molar-refractivity contribution >= 4 is 49.4 Å². The van der Waals surface area contributed by atoms with Crippen molar-refractivity contribution in [2.24, 2.45) is 7.05 Å². The fourth-order valence-corrected chi connectivity index (χ4v) is 3.45. The maximum atomic E-state index is 12.4. The fraction of sp³-hybridized carbons (Fsp3) is 0.0714. The summed E-state index contributed by atoms with van der Waals surface area (Å²) in [6.45, 7) is 0. The second-order valence-electron chi connectivity index (χ2n) is 4.67. The van der Waals surface area contributed by atoms with Crippen molar-refractivity contribution < 1.29 is 12.8 Å². The van der Waals surface area contributed by atoms with Crippen LogP contribution in [-0.4, -0.2) is 13.0 Å². The van der Waals surface area contributed by atoms with E-state index in [1.165, 1.54) is 16.7 Å². The van der Waals surface area contributed by atoms with Gasteiger partial charge in [-0.3, -0.25) is 9.29 Å². The molecular formula is C14H11IN2O4S. The van der Waals surface area contributed by atoms with Gasteiger partial charge in [-0.05, 0) is 59.0 Å². The van der Waals surface area contributed by atoms with Crippen LogP contribution in [0.3, 0.4) is 0 Å². The molecule has 0 aliphatic rings. The van der Waals surface area contributed by atoms with Crippen molar-refractivity contribution in [3.05, 3.63) is 56.6 Å². The Bertz CT molecular complexity index is 1000. The van der Waals surface area contributed by atoms with Gasteiger partial charge in [0.25, 0.3) is 10.0 Å². The van der Waals surface area contributed by atoms with Gasteiger partial charge in [-0.2, -0.15) is 0 Å². The van der Waals surface area contributed by atoms with Crippen LogP contribution in [0, 0.1) is 3.57 Å². The predicted octanol–water partition coefficient (Wildman–Crippen LogP) is 2.54. The molecule has 0 radical (unpaired) electrons. The van der Waals surface area contributed by atoms with Crippen LogP contribution in [0.25, 0.3) is 11.1 Å². The Morgan fingerprint density at radius 3 is 2.50 bits per heavy atom. The Hall–Kier alpha value is -1.81. The number of sulfonamides is 1. The quantitative estimate of drug-likeness (QED) is 0.648. The molecule has 114 valence electrons. The average Bonchev–Trinajstić information content (AvgIpc) is 2.76. The number of benzene rings is 2. The first-order chi connectivity index (χ1) is 10.4. The molecule has 0 bridgehead atoms. The minimum atomic E-state index is -3.74. The van der Waals surface area contributed by atoms with Crippen LogP contribution in [0.15, 0.2) is 56.6 Å². The minimum Gasteiger partial charge on any atom is -0.408 e. The molecule has 0 saturated heterocycles. The summed E-state index contributed by atoms with van der Waals surface area (Å²) in [6, 6.07) is 11.3. The van der Waals surface area contributed by atoms with Gasteiger partial charge in [0.2, 0.25) is 0 Å². The Balaban J connectivity index is 2.01. The van der Waals surface area contributed by atoms with E-state index < -0.39 is 15.8 Å². The molecule has 6 nitrogen and oxygen atoms in total. The van der Waals surface area contributed by atoms with Gasteiger partial charge in [0.15, 0.2) is 5.58 Å². The van der Waals surface area contributed by atoms with Crippen LogP contribution in [0.5, 0.6) is 0 Å². The Kier molecular flexibility index (Phi) is 3.73. The predicted molar refractivity (Wildman–Crippen MR) is 91.4 cm³/mol.